The van der Waals surface area contributed by atoms with Crippen LogP contribution in [0.1, 0.15) is 25.6 Å². The number of amides is 1. The van der Waals surface area contributed by atoms with Gasteiger partial charge in [-0.1, -0.05) is 6.07 Å². The number of hydrogen-bond acceptors (Lipinski definition) is 4. The summed E-state index contributed by atoms with van der Waals surface area (Å²) >= 11 is 0. The SMILES string of the molecule is C[C@H](NCC(=O)NCc1ccccn1)[C@@H](C)n1cccn1. The molecule has 6 heteroatoms. The van der Waals surface area contributed by atoms with E-state index < -0.39 is 0 Å². The van der Waals surface area contributed by atoms with Crippen LogP contribution >= 0.6 is 0 Å². The van der Waals surface area contributed by atoms with Gasteiger partial charge in [-0.05, 0) is 32.0 Å². The molecule has 0 aromatic carbocycles. The fourth-order valence-electron chi connectivity index (χ4n) is 1.93. The number of hydrogen-bond donors (Lipinski definition) is 2. The van der Waals surface area contributed by atoms with Crippen LogP contribution in [0, 0.1) is 0 Å². The second-order valence-electron chi connectivity index (χ2n) is 4.99. The fraction of sp³-hybridized carbons (Fsp3) is 0.400. The van der Waals surface area contributed by atoms with Gasteiger partial charge in [0, 0.05) is 24.6 Å². The average molecular weight is 287 g/mol. The standard InChI is InChI=1S/C15H21N5O/c1-12(13(2)20-9-5-8-19-20)17-11-15(21)18-10-14-6-3-4-7-16-14/h3-9,12-13,17H,10-11H2,1-2H3,(H,18,21)/t12-,13+/m0/s1. The van der Waals surface area contributed by atoms with Gasteiger partial charge in [0.25, 0.3) is 0 Å². The number of carbonyl (C=O) groups is 1. The maximum Gasteiger partial charge on any atom is 0.234 e. The first-order valence-electron chi connectivity index (χ1n) is 7.06. The van der Waals surface area contributed by atoms with Crippen LogP contribution < -0.4 is 10.6 Å². The zero-order valence-corrected chi connectivity index (χ0v) is 12.4. The van der Waals surface area contributed by atoms with E-state index in [0.717, 1.165) is 5.69 Å². The molecule has 2 atom stereocenters. The number of carbonyl (C=O) groups excluding carboxylic acids is 1. The Labute approximate surface area is 124 Å². The molecule has 0 aliphatic carbocycles. The van der Waals surface area contributed by atoms with Crippen molar-refractivity contribution in [3.05, 3.63) is 48.5 Å². The van der Waals surface area contributed by atoms with Gasteiger partial charge >= 0.3 is 0 Å². The number of pyridine rings is 1. The Kier molecular flexibility index (Phi) is 5.45. The van der Waals surface area contributed by atoms with Crippen molar-refractivity contribution in [2.75, 3.05) is 6.54 Å². The van der Waals surface area contributed by atoms with Gasteiger partial charge in [-0.2, -0.15) is 5.10 Å². The van der Waals surface area contributed by atoms with Gasteiger partial charge in [0.05, 0.1) is 24.8 Å². The lowest BCUT2D eigenvalue weighted by molar-refractivity contribution is -0.120. The van der Waals surface area contributed by atoms with Gasteiger partial charge < -0.3 is 10.6 Å². The van der Waals surface area contributed by atoms with Crippen molar-refractivity contribution < 1.29 is 4.79 Å². The van der Waals surface area contributed by atoms with Gasteiger partial charge in [-0.15, -0.1) is 0 Å². The normalized spacial score (nSPS) is 13.6. The van der Waals surface area contributed by atoms with Gasteiger partial charge in [0.1, 0.15) is 0 Å². The van der Waals surface area contributed by atoms with Crippen LogP contribution in [0.25, 0.3) is 0 Å². The Bertz CT molecular complexity index is 540. The fourth-order valence-corrected chi connectivity index (χ4v) is 1.93. The van der Waals surface area contributed by atoms with Crippen LogP contribution in [-0.4, -0.2) is 33.3 Å². The quantitative estimate of drug-likeness (QED) is 0.801. The smallest absolute Gasteiger partial charge is 0.234 e. The highest BCUT2D eigenvalue weighted by molar-refractivity contribution is 5.77. The van der Waals surface area contributed by atoms with Crippen molar-refractivity contribution in [2.45, 2.75) is 32.5 Å². The topological polar surface area (TPSA) is 71.8 Å². The molecule has 2 N–H and O–H groups in total. The van der Waals surface area contributed by atoms with E-state index >= 15 is 0 Å². The molecule has 21 heavy (non-hydrogen) atoms. The van der Waals surface area contributed by atoms with E-state index in [1.165, 1.54) is 0 Å². The molecule has 0 bridgehead atoms. The predicted molar refractivity (Wildman–Crippen MR) is 80.5 cm³/mol. The average Bonchev–Trinajstić information content (AvgIpc) is 3.05. The zero-order valence-electron chi connectivity index (χ0n) is 12.4. The molecule has 0 aliphatic rings. The second-order valence-corrected chi connectivity index (χ2v) is 4.99. The van der Waals surface area contributed by atoms with Crippen molar-refractivity contribution in [3.8, 4) is 0 Å². The molecule has 0 aliphatic heterocycles. The summed E-state index contributed by atoms with van der Waals surface area (Å²) in [6, 6.07) is 7.86. The highest BCUT2D eigenvalue weighted by Gasteiger charge is 2.14. The molecule has 112 valence electrons. The Morgan fingerprint density at radius 3 is 2.81 bits per heavy atom. The summed E-state index contributed by atoms with van der Waals surface area (Å²) in [5, 5.41) is 10.3. The molecule has 1 amide bonds. The lowest BCUT2D eigenvalue weighted by Gasteiger charge is -2.21. The molecule has 0 unspecified atom stereocenters. The lowest BCUT2D eigenvalue weighted by atomic mass is 10.2. The summed E-state index contributed by atoms with van der Waals surface area (Å²) in [6.45, 7) is 4.83. The summed E-state index contributed by atoms with van der Waals surface area (Å²) in [5.74, 6) is -0.0415. The maximum atomic E-state index is 11.8. The first-order valence-corrected chi connectivity index (χ1v) is 7.06. The van der Waals surface area contributed by atoms with E-state index in [4.69, 9.17) is 0 Å². The van der Waals surface area contributed by atoms with Crippen LogP contribution in [-0.2, 0) is 11.3 Å². The summed E-state index contributed by atoms with van der Waals surface area (Å²) < 4.78 is 1.88. The molecule has 0 fully saturated rings. The third-order valence-corrected chi connectivity index (χ3v) is 3.44. The monoisotopic (exact) mass is 287 g/mol. The van der Waals surface area contributed by atoms with E-state index in [-0.39, 0.29) is 24.5 Å². The summed E-state index contributed by atoms with van der Waals surface area (Å²) in [7, 11) is 0. The first kappa shape index (κ1) is 15.2. The zero-order chi connectivity index (χ0) is 15.1. The Hall–Kier alpha value is -2.21. The predicted octanol–water partition coefficient (Wildman–Crippen LogP) is 1.13. The van der Waals surface area contributed by atoms with Crippen LogP contribution in [0.15, 0.2) is 42.9 Å². The van der Waals surface area contributed by atoms with Crippen molar-refractivity contribution >= 4 is 5.91 Å². The van der Waals surface area contributed by atoms with Gasteiger partial charge in [-0.25, -0.2) is 0 Å². The number of aromatic nitrogens is 3. The molecule has 0 radical (unpaired) electrons. The molecular formula is C15H21N5O. The van der Waals surface area contributed by atoms with E-state index in [1.807, 2.05) is 42.1 Å². The lowest BCUT2D eigenvalue weighted by Crippen LogP contribution is -2.41. The van der Waals surface area contributed by atoms with Gasteiger partial charge in [0.2, 0.25) is 5.91 Å². The minimum absolute atomic E-state index is 0.0415. The summed E-state index contributed by atoms with van der Waals surface area (Å²) in [5.41, 5.74) is 0.851. The summed E-state index contributed by atoms with van der Waals surface area (Å²) in [4.78, 5) is 16.0. The van der Waals surface area contributed by atoms with Gasteiger partial charge in [-0.3, -0.25) is 14.5 Å². The van der Waals surface area contributed by atoms with E-state index in [1.54, 1.807) is 12.4 Å². The Morgan fingerprint density at radius 2 is 2.14 bits per heavy atom. The van der Waals surface area contributed by atoms with Crippen LogP contribution in [0.3, 0.4) is 0 Å². The molecular weight excluding hydrogens is 266 g/mol. The maximum absolute atomic E-state index is 11.8. The minimum Gasteiger partial charge on any atom is -0.349 e. The van der Waals surface area contributed by atoms with E-state index in [0.29, 0.717) is 6.54 Å². The molecule has 0 saturated carbocycles. The molecule has 2 aromatic heterocycles. The molecule has 0 saturated heterocycles. The number of nitrogens with one attached hydrogen (secondary N) is 2. The van der Waals surface area contributed by atoms with Crippen molar-refractivity contribution in [2.24, 2.45) is 0 Å². The third kappa shape index (κ3) is 4.68. The Morgan fingerprint density at radius 1 is 1.29 bits per heavy atom. The van der Waals surface area contributed by atoms with E-state index in [9.17, 15) is 4.79 Å². The second kappa shape index (κ2) is 7.54. The van der Waals surface area contributed by atoms with Crippen LogP contribution in [0.5, 0.6) is 0 Å². The highest BCUT2D eigenvalue weighted by atomic mass is 16.1. The number of rotatable bonds is 7. The van der Waals surface area contributed by atoms with Crippen LogP contribution in [0.4, 0.5) is 0 Å². The molecule has 2 rings (SSSR count). The van der Waals surface area contributed by atoms with E-state index in [2.05, 4.69) is 27.6 Å². The largest absolute Gasteiger partial charge is 0.349 e. The van der Waals surface area contributed by atoms with Crippen LogP contribution in [0.2, 0.25) is 0 Å². The van der Waals surface area contributed by atoms with Crippen molar-refractivity contribution in [3.63, 3.8) is 0 Å². The summed E-state index contributed by atoms with van der Waals surface area (Å²) in [6.07, 6.45) is 5.39. The first-order chi connectivity index (χ1) is 10.2. The molecule has 2 aromatic rings. The minimum atomic E-state index is -0.0415. The molecule has 2 heterocycles. The molecule has 6 nitrogen and oxygen atoms in total. The van der Waals surface area contributed by atoms with Crippen molar-refractivity contribution in [1.29, 1.82) is 0 Å². The molecule has 0 spiro atoms. The number of nitrogens with zero attached hydrogens (tertiary/aromatic N) is 3. The highest BCUT2D eigenvalue weighted by Crippen LogP contribution is 2.08. The van der Waals surface area contributed by atoms with Gasteiger partial charge in [0.15, 0.2) is 0 Å². The van der Waals surface area contributed by atoms with Crippen molar-refractivity contribution in [1.82, 2.24) is 25.4 Å². The Balaban J connectivity index is 1.71. The third-order valence-electron chi connectivity index (χ3n) is 3.44.